The van der Waals surface area contributed by atoms with Gasteiger partial charge in [-0.05, 0) is 38.1 Å². The third kappa shape index (κ3) is 3.36. The lowest BCUT2D eigenvalue weighted by molar-refractivity contribution is 1.11. The summed E-state index contributed by atoms with van der Waals surface area (Å²) in [6.45, 7) is 4.00. The molecule has 0 aliphatic heterocycles. The molecule has 122 valence electrons. The molecule has 4 nitrogen and oxygen atoms in total. The number of rotatable bonds is 3. The van der Waals surface area contributed by atoms with Crippen LogP contribution in [0.4, 0.5) is 5.82 Å². The highest BCUT2D eigenvalue weighted by Gasteiger charge is 2.21. The zero-order valence-corrected chi connectivity index (χ0v) is 15.3. The summed E-state index contributed by atoms with van der Waals surface area (Å²) in [6.07, 6.45) is 0. The third-order valence-electron chi connectivity index (χ3n) is 3.64. The van der Waals surface area contributed by atoms with Gasteiger partial charge in [0.25, 0.3) is 0 Å². The predicted octanol–water partition coefficient (Wildman–Crippen LogP) is 4.90. The lowest BCUT2D eigenvalue weighted by atomic mass is 10.0. The van der Waals surface area contributed by atoms with Crippen LogP contribution < -0.4 is 5.73 Å². The smallest absolute Gasteiger partial charge is 0.143 e. The molecule has 0 spiro atoms. The largest absolute Gasteiger partial charge is 0.383 e. The number of benzene rings is 1. The molecule has 0 aliphatic carbocycles. The van der Waals surface area contributed by atoms with Crippen molar-refractivity contribution in [3.05, 3.63) is 58.0 Å². The van der Waals surface area contributed by atoms with Gasteiger partial charge in [-0.1, -0.05) is 29.5 Å². The Morgan fingerprint density at radius 3 is 2.24 bits per heavy atom. The second-order valence-corrected chi connectivity index (χ2v) is 7.83. The monoisotopic (exact) mass is 362 g/mol. The number of nitriles is 2. The van der Waals surface area contributed by atoms with E-state index in [1.54, 1.807) is 0 Å². The number of hydrogen-bond acceptors (Lipinski definition) is 6. The molecule has 6 heteroatoms. The van der Waals surface area contributed by atoms with Gasteiger partial charge in [0.15, 0.2) is 0 Å². The standard InChI is InChI=1S/C19H14N4S2/c1-11-3-6-13(7-4-11)25-19-15(10-21)17(14(9-20)18(22)23-19)16-8-5-12(2)24-16/h3-8H,1-2H3,(H2,22,23). The van der Waals surface area contributed by atoms with E-state index in [0.717, 1.165) is 20.2 Å². The van der Waals surface area contributed by atoms with E-state index in [-0.39, 0.29) is 11.4 Å². The molecule has 0 amide bonds. The minimum absolute atomic E-state index is 0.150. The summed E-state index contributed by atoms with van der Waals surface area (Å²) in [5.41, 5.74) is 8.40. The van der Waals surface area contributed by atoms with Gasteiger partial charge in [-0.2, -0.15) is 10.5 Å². The maximum absolute atomic E-state index is 9.75. The topological polar surface area (TPSA) is 86.5 Å². The van der Waals surface area contributed by atoms with Gasteiger partial charge < -0.3 is 5.73 Å². The van der Waals surface area contributed by atoms with E-state index in [2.05, 4.69) is 17.1 Å². The number of nitrogens with zero attached hydrogens (tertiary/aromatic N) is 3. The molecule has 0 bridgehead atoms. The molecule has 0 saturated carbocycles. The van der Waals surface area contributed by atoms with Gasteiger partial charge in [0.05, 0.1) is 5.56 Å². The van der Waals surface area contributed by atoms with Crippen molar-refractivity contribution in [1.82, 2.24) is 4.98 Å². The molecule has 2 heterocycles. The van der Waals surface area contributed by atoms with Crippen LogP contribution in [0.2, 0.25) is 0 Å². The highest BCUT2D eigenvalue weighted by Crippen LogP contribution is 2.40. The second-order valence-electron chi connectivity index (χ2n) is 5.48. The third-order valence-corrected chi connectivity index (χ3v) is 5.65. The van der Waals surface area contributed by atoms with Crippen molar-refractivity contribution in [3.63, 3.8) is 0 Å². The number of nitrogen functional groups attached to an aromatic ring is 1. The average Bonchev–Trinajstić information content (AvgIpc) is 3.02. The molecule has 0 radical (unpaired) electrons. The van der Waals surface area contributed by atoms with Gasteiger partial charge in [-0.3, -0.25) is 0 Å². The highest BCUT2D eigenvalue weighted by molar-refractivity contribution is 7.99. The molecule has 2 N–H and O–H groups in total. The Hall–Kier alpha value is -2.80. The van der Waals surface area contributed by atoms with Gasteiger partial charge in [0, 0.05) is 20.2 Å². The molecule has 2 aromatic heterocycles. The number of thiophene rings is 1. The summed E-state index contributed by atoms with van der Waals surface area (Å²) in [6, 6.07) is 16.2. The highest BCUT2D eigenvalue weighted by atomic mass is 32.2. The fraction of sp³-hybridized carbons (Fsp3) is 0.105. The zero-order chi connectivity index (χ0) is 18.0. The first-order valence-electron chi connectivity index (χ1n) is 7.48. The van der Waals surface area contributed by atoms with Crippen LogP contribution in [0.1, 0.15) is 21.6 Å². The van der Waals surface area contributed by atoms with E-state index in [1.807, 2.05) is 50.2 Å². The van der Waals surface area contributed by atoms with Gasteiger partial charge in [-0.15, -0.1) is 11.3 Å². The Kier molecular flexibility index (Phi) is 4.76. The van der Waals surface area contributed by atoms with Crippen LogP contribution in [-0.4, -0.2) is 4.98 Å². The van der Waals surface area contributed by atoms with Crippen LogP contribution in [0.15, 0.2) is 46.3 Å². The fourth-order valence-corrected chi connectivity index (χ4v) is 4.22. The van der Waals surface area contributed by atoms with Gasteiger partial charge >= 0.3 is 0 Å². The first-order chi connectivity index (χ1) is 12.0. The summed E-state index contributed by atoms with van der Waals surface area (Å²) < 4.78 is 0. The van der Waals surface area contributed by atoms with Crippen LogP contribution >= 0.6 is 23.1 Å². The Morgan fingerprint density at radius 2 is 1.68 bits per heavy atom. The Balaban J connectivity index is 2.20. The van der Waals surface area contributed by atoms with Crippen LogP contribution in [0.25, 0.3) is 10.4 Å². The van der Waals surface area contributed by atoms with Gasteiger partial charge in [0.1, 0.15) is 28.5 Å². The maximum Gasteiger partial charge on any atom is 0.143 e. The Bertz CT molecular complexity index is 1020. The molecule has 0 unspecified atom stereocenters. The van der Waals surface area contributed by atoms with E-state index in [9.17, 15) is 10.5 Å². The molecule has 0 aliphatic rings. The first kappa shape index (κ1) is 17.0. The van der Waals surface area contributed by atoms with Gasteiger partial charge in [-0.25, -0.2) is 4.98 Å². The number of nitrogens with two attached hydrogens (primary N) is 1. The number of aromatic nitrogens is 1. The summed E-state index contributed by atoms with van der Waals surface area (Å²) in [4.78, 5) is 7.25. The van der Waals surface area contributed by atoms with Crippen molar-refractivity contribution in [2.24, 2.45) is 0 Å². The molecular formula is C19H14N4S2. The molecule has 3 rings (SSSR count). The van der Waals surface area contributed by atoms with E-state index in [0.29, 0.717) is 16.2 Å². The molecule has 1 aromatic carbocycles. The lowest BCUT2D eigenvalue weighted by Gasteiger charge is -2.11. The zero-order valence-electron chi connectivity index (χ0n) is 13.7. The SMILES string of the molecule is Cc1ccc(Sc2nc(N)c(C#N)c(-c3ccc(C)s3)c2C#N)cc1. The minimum Gasteiger partial charge on any atom is -0.383 e. The van der Waals surface area contributed by atoms with Crippen molar-refractivity contribution in [2.45, 2.75) is 23.8 Å². The van der Waals surface area contributed by atoms with Crippen molar-refractivity contribution < 1.29 is 0 Å². The minimum atomic E-state index is 0.150. The van der Waals surface area contributed by atoms with E-state index in [4.69, 9.17) is 5.73 Å². The number of pyridine rings is 1. The Morgan fingerprint density at radius 1 is 1.00 bits per heavy atom. The average molecular weight is 362 g/mol. The van der Waals surface area contributed by atoms with E-state index >= 15 is 0 Å². The first-order valence-corrected chi connectivity index (χ1v) is 9.11. The molecule has 0 fully saturated rings. The quantitative estimate of drug-likeness (QED) is 0.716. The van der Waals surface area contributed by atoms with E-state index < -0.39 is 0 Å². The number of aryl methyl sites for hydroxylation is 2. The molecule has 25 heavy (non-hydrogen) atoms. The van der Waals surface area contributed by atoms with Crippen molar-refractivity contribution in [2.75, 3.05) is 5.73 Å². The second kappa shape index (κ2) is 6.98. The number of anilines is 1. The number of hydrogen-bond donors (Lipinski definition) is 1. The molecular weight excluding hydrogens is 348 g/mol. The summed E-state index contributed by atoms with van der Waals surface area (Å²) in [5.74, 6) is 0.150. The van der Waals surface area contributed by atoms with Crippen LogP contribution in [0, 0.1) is 36.5 Å². The maximum atomic E-state index is 9.75. The van der Waals surface area contributed by atoms with Crippen molar-refractivity contribution in [1.29, 1.82) is 10.5 Å². The Labute approximate surface area is 154 Å². The summed E-state index contributed by atoms with van der Waals surface area (Å²) >= 11 is 2.91. The summed E-state index contributed by atoms with van der Waals surface area (Å²) in [7, 11) is 0. The van der Waals surface area contributed by atoms with Crippen LogP contribution in [-0.2, 0) is 0 Å². The predicted molar refractivity (Wildman–Crippen MR) is 101 cm³/mol. The van der Waals surface area contributed by atoms with E-state index in [1.165, 1.54) is 23.1 Å². The van der Waals surface area contributed by atoms with Crippen molar-refractivity contribution >= 4 is 28.9 Å². The van der Waals surface area contributed by atoms with Crippen LogP contribution in [0.5, 0.6) is 0 Å². The van der Waals surface area contributed by atoms with Gasteiger partial charge in [0.2, 0.25) is 0 Å². The normalized spacial score (nSPS) is 10.2. The molecule has 0 saturated heterocycles. The van der Waals surface area contributed by atoms with Crippen LogP contribution in [0.3, 0.4) is 0 Å². The lowest BCUT2D eigenvalue weighted by Crippen LogP contribution is -2.02. The fourth-order valence-electron chi connectivity index (χ4n) is 2.41. The molecule has 3 aromatic rings. The molecule has 0 atom stereocenters. The summed E-state index contributed by atoms with van der Waals surface area (Å²) in [5, 5.41) is 19.8. The van der Waals surface area contributed by atoms with Crippen molar-refractivity contribution in [3.8, 4) is 22.6 Å².